The Morgan fingerprint density at radius 3 is 2.29 bits per heavy atom. The van der Waals surface area contributed by atoms with Crippen molar-refractivity contribution in [2.45, 2.75) is 24.0 Å². The summed E-state index contributed by atoms with van der Waals surface area (Å²) in [6, 6.07) is 2.30. The third-order valence-electron chi connectivity index (χ3n) is 2.98. The second-order valence-electron chi connectivity index (χ2n) is 5.19. The number of aliphatic hydroxyl groups is 1. The van der Waals surface area contributed by atoms with Crippen LogP contribution < -0.4 is 4.72 Å². The minimum Gasteiger partial charge on any atom is -0.454 e. The zero-order valence-corrected chi connectivity index (χ0v) is 14.2. The molecule has 0 aliphatic rings. The van der Waals surface area contributed by atoms with Gasteiger partial charge in [-0.05, 0) is 31.2 Å². The van der Waals surface area contributed by atoms with Gasteiger partial charge >= 0.3 is 5.97 Å². The molecule has 0 spiro atoms. The molecule has 0 bridgehead atoms. The number of rotatable bonds is 7. The quantitative estimate of drug-likeness (QED) is 0.632. The van der Waals surface area contributed by atoms with Gasteiger partial charge < -0.3 is 14.7 Å². The Kier molecular flexibility index (Phi) is 6.81. The van der Waals surface area contributed by atoms with Crippen molar-refractivity contribution in [1.82, 2.24) is 9.62 Å². The summed E-state index contributed by atoms with van der Waals surface area (Å²) in [4.78, 5) is 24.2. The number of carbonyl (C=O) groups is 2. The van der Waals surface area contributed by atoms with Gasteiger partial charge in [0.1, 0.15) is 11.9 Å². The Labute approximate surface area is 139 Å². The highest BCUT2D eigenvalue weighted by atomic mass is 32.2. The number of amides is 1. The van der Waals surface area contributed by atoms with Crippen molar-refractivity contribution in [2.24, 2.45) is 0 Å². The van der Waals surface area contributed by atoms with Crippen molar-refractivity contribution in [3.63, 3.8) is 0 Å². The molecule has 1 aromatic rings. The normalized spacial score (nSPS) is 13.9. The van der Waals surface area contributed by atoms with Crippen LogP contribution in [0.3, 0.4) is 0 Å². The van der Waals surface area contributed by atoms with E-state index in [1.807, 2.05) is 4.72 Å². The SMILES string of the molecule is C[C@@H](O)[C@H](NS(=O)(=O)c1ccc(F)cc1)C(=O)OCC(=O)N(C)C. The summed E-state index contributed by atoms with van der Waals surface area (Å²) in [6.07, 6.45) is -1.41. The summed E-state index contributed by atoms with van der Waals surface area (Å²) in [5.74, 6) is -2.23. The number of benzene rings is 1. The van der Waals surface area contributed by atoms with E-state index in [1.54, 1.807) is 0 Å². The van der Waals surface area contributed by atoms with Crippen LogP contribution in [0.5, 0.6) is 0 Å². The molecule has 1 rings (SSSR count). The molecular weight excluding hydrogens is 343 g/mol. The van der Waals surface area contributed by atoms with E-state index in [4.69, 9.17) is 4.74 Å². The van der Waals surface area contributed by atoms with Crippen LogP contribution in [-0.4, -0.2) is 63.1 Å². The Balaban J connectivity index is 2.87. The van der Waals surface area contributed by atoms with Crippen molar-refractivity contribution in [2.75, 3.05) is 20.7 Å². The number of nitrogens with one attached hydrogen (secondary N) is 1. The minimum atomic E-state index is -4.19. The van der Waals surface area contributed by atoms with E-state index in [2.05, 4.69) is 0 Å². The molecule has 0 fully saturated rings. The van der Waals surface area contributed by atoms with Crippen LogP contribution >= 0.6 is 0 Å². The Hall–Kier alpha value is -2.04. The van der Waals surface area contributed by atoms with Gasteiger partial charge in [-0.2, -0.15) is 4.72 Å². The molecule has 1 aromatic carbocycles. The van der Waals surface area contributed by atoms with Crippen LogP contribution in [0, 0.1) is 5.82 Å². The van der Waals surface area contributed by atoms with Gasteiger partial charge in [0, 0.05) is 14.1 Å². The Morgan fingerprint density at radius 1 is 1.29 bits per heavy atom. The van der Waals surface area contributed by atoms with E-state index in [0.29, 0.717) is 0 Å². The van der Waals surface area contributed by atoms with Crippen molar-refractivity contribution >= 4 is 21.9 Å². The van der Waals surface area contributed by atoms with E-state index < -0.39 is 46.5 Å². The van der Waals surface area contributed by atoms with Gasteiger partial charge in [0.05, 0.1) is 11.0 Å². The van der Waals surface area contributed by atoms with E-state index in [1.165, 1.54) is 25.9 Å². The van der Waals surface area contributed by atoms with E-state index >= 15 is 0 Å². The molecule has 0 radical (unpaired) electrons. The molecule has 0 unspecified atom stereocenters. The number of hydrogen-bond acceptors (Lipinski definition) is 6. The average molecular weight is 362 g/mol. The first-order valence-electron chi connectivity index (χ1n) is 6.87. The van der Waals surface area contributed by atoms with Crippen molar-refractivity contribution in [3.05, 3.63) is 30.1 Å². The van der Waals surface area contributed by atoms with Crippen LogP contribution in [0.4, 0.5) is 4.39 Å². The fraction of sp³-hybridized carbons (Fsp3) is 0.429. The largest absolute Gasteiger partial charge is 0.454 e. The number of nitrogens with zero attached hydrogens (tertiary/aromatic N) is 1. The van der Waals surface area contributed by atoms with E-state index in [0.717, 1.165) is 24.3 Å². The number of likely N-dealkylation sites (N-methyl/N-ethyl adjacent to an activating group) is 1. The van der Waals surface area contributed by atoms with Crippen molar-refractivity contribution in [3.8, 4) is 0 Å². The summed E-state index contributed by atoms with van der Waals surface area (Å²) in [6.45, 7) is 0.597. The average Bonchev–Trinajstić information content (AvgIpc) is 2.50. The summed E-state index contributed by atoms with van der Waals surface area (Å²) in [5.41, 5.74) is 0. The van der Waals surface area contributed by atoms with E-state index in [9.17, 15) is 27.5 Å². The second-order valence-corrected chi connectivity index (χ2v) is 6.90. The molecule has 10 heteroatoms. The molecule has 1 amide bonds. The van der Waals surface area contributed by atoms with E-state index in [-0.39, 0.29) is 4.90 Å². The zero-order chi connectivity index (χ0) is 18.5. The number of hydrogen-bond donors (Lipinski definition) is 2. The highest BCUT2D eigenvalue weighted by Gasteiger charge is 2.31. The standard InChI is InChI=1S/C14H19FN2O6S/c1-9(18)13(14(20)23-8-12(19)17(2)3)16-24(21,22)11-6-4-10(15)5-7-11/h4-7,9,13,16,18H,8H2,1-3H3/t9-,13+/m1/s1. The summed E-state index contributed by atoms with van der Waals surface area (Å²) < 4.78 is 43.9. The van der Waals surface area contributed by atoms with Crippen LogP contribution in [-0.2, 0) is 24.3 Å². The molecule has 0 aromatic heterocycles. The fourth-order valence-corrected chi connectivity index (χ4v) is 2.80. The Bertz CT molecular complexity index is 688. The van der Waals surface area contributed by atoms with Gasteiger partial charge in [-0.15, -0.1) is 0 Å². The lowest BCUT2D eigenvalue weighted by atomic mass is 10.2. The molecule has 24 heavy (non-hydrogen) atoms. The summed E-state index contributed by atoms with van der Waals surface area (Å²) in [7, 11) is -1.28. The monoisotopic (exact) mass is 362 g/mol. The maximum absolute atomic E-state index is 12.9. The molecular formula is C14H19FN2O6S. The molecule has 2 atom stereocenters. The predicted molar refractivity (Wildman–Crippen MR) is 81.8 cm³/mol. The lowest BCUT2D eigenvalue weighted by Crippen LogP contribution is -2.49. The maximum atomic E-state index is 12.9. The predicted octanol–water partition coefficient (Wildman–Crippen LogP) is -0.515. The molecule has 0 aliphatic carbocycles. The molecule has 8 nitrogen and oxygen atoms in total. The smallest absolute Gasteiger partial charge is 0.327 e. The van der Waals surface area contributed by atoms with Crippen LogP contribution in [0.1, 0.15) is 6.92 Å². The second kappa shape index (κ2) is 8.18. The lowest BCUT2D eigenvalue weighted by molar-refractivity contribution is -0.154. The van der Waals surface area contributed by atoms with Crippen molar-refractivity contribution in [1.29, 1.82) is 0 Å². The van der Waals surface area contributed by atoms with Gasteiger partial charge in [0.15, 0.2) is 6.61 Å². The molecule has 134 valence electrons. The number of aliphatic hydroxyl groups excluding tert-OH is 1. The highest BCUT2D eigenvalue weighted by molar-refractivity contribution is 7.89. The fourth-order valence-electron chi connectivity index (χ4n) is 1.54. The maximum Gasteiger partial charge on any atom is 0.327 e. The highest BCUT2D eigenvalue weighted by Crippen LogP contribution is 2.11. The molecule has 0 saturated heterocycles. The number of carbonyl (C=O) groups excluding carboxylic acids is 2. The number of sulfonamides is 1. The lowest BCUT2D eigenvalue weighted by Gasteiger charge is -2.20. The number of esters is 1. The third-order valence-corrected chi connectivity index (χ3v) is 4.44. The van der Waals surface area contributed by atoms with Gasteiger partial charge in [0.2, 0.25) is 10.0 Å². The van der Waals surface area contributed by atoms with Gasteiger partial charge in [0.25, 0.3) is 5.91 Å². The zero-order valence-electron chi connectivity index (χ0n) is 13.4. The van der Waals surface area contributed by atoms with Gasteiger partial charge in [-0.1, -0.05) is 0 Å². The summed E-state index contributed by atoms with van der Waals surface area (Å²) >= 11 is 0. The van der Waals surface area contributed by atoms with Gasteiger partial charge in [-0.25, -0.2) is 12.8 Å². The minimum absolute atomic E-state index is 0.285. The van der Waals surface area contributed by atoms with Crippen LogP contribution in [0.2, 0.25) is 0 Å². The topological polar surface area (TPSA) is 113 Å². The molecule has 0 heterocycles. The first kappa shape index (κ1) is 20.0. The third kappa shape index (κ3) is 5.55. The van der Waals surface area contributed by atoms with Crippen LogP contribution in [0.15, 0.2) is 29.2 Å². The summed E-state index contributed by atoms with van der Waals surface area (Å²) in [5, 5.41) is 9.63. The van der Waals surface area contributed by atoms with Gasteiger partial charge in [-0.3, -0.25) is 9.59 Å². The van der Waals surface area contributed by atoms with Crippen molar-refractivity contribution < 1.29 is 32.2 Å². The first-order chi connectivity index (χ1) is 11.0. The first-order valence-corrected chi connectivity index (χ1v) is 8.35. The molecule has 2 N–H and O–H groups in total. The molecule has 0 saturated carbocycles. The number of halogens is 1. The Morgan fingerprint density at radius 2 is 1.83 bits per heavy atom. The number of ether oxygens (including phenoxy) is 1. The van der Waals surface area contributed by atoms with Crippen LogP contribution in [0.25, 0.3) is 0 Å². The molecule has 0 aliphatic heterocycles.